The van der Waals surface area contributed by atoms with Crippen molar-refractivity contribution in [2.45, 2.75) is 25.1 Å². The van der Waals surface area contributed by atoms with Crippen molar-refractivity contribution >= 4 is 11.8 Å². The fourth-order valence-corrected chi connectivity index (χ4v) is 2.29. The number of carbonyl (C=O) groups is 2. The summed E-state index contributed by atoms with van der Waals surface area (Å²) < 4.78 is 39.0. The maximum Gasteiger partial charge on any atom is 0.409 e. The predicted octanol–water partition coefficient (Wildman–Crippen LogP) is 1.49. The molecule has 4 nitrogen and oxygen atoms in total. The standard InChI is InChI=1S/C13H13F3N2O2/c14-13(15,16)10(5-6-17)18-11(19)7-8-3-1-2-4-9(8)12(18)20/h1-4,10H,5-7,17H2. The van der Waals surface area contributed by atoms with Crippen molar-refractivity contribution in [1.29, 1.82) is 0 Å². The summed E-state index contributed by atoms with van der Waals surface area (Å²) in [6.07, 6.45) is -5.39. The minimum atomic E-state index is -4.68. The number of nitrogens with zero attached hydrogens (tertiary/aromatic N) is 1. The van der Waals surface area contributed by atoms with E-state index in [0.717, 1.165) is 0 Å². The van der Waals surface area contributed by atoms with Crippen LogP contribution in [0.25, 0.3) is 0 Å². The molecule has 0 aliphatic carbocycles. The lowest BCUT2D eigenvalue weighted by molar-refractivity contribution is -0.184. The summed E-state index contributed by atoms with van der Waals surface area (Å²) in [6, 6.07) is 4.01. The van der Waals surface area contributed by atoms with Crippen LogP contribution in [0.4, 0.5) is 13.2 Å². The highest BCUT2D eigenvalue weighted by molar-refractivity contribution is 6.10. The van der Waals surface area contributed by atoms with E-state index in [9.17, 15) is 22.8 Å². The molecule has 20 heavy (non-hydrogen) atoms. The third-order valence-corrected chi connectivity index (χ3v) is 3.21. The fourth-order valence-electron chi connectivity index (χ4n) is 2.29. The first-order valence-electron chi connectivity index (χ1n) is 6.07. The number of nitrogens with two attached hydrogens (primary N) is 1. The van der Waals surface area contributed by atoms with Crippen molar-refractivity contribution in [1.82, 2.24) is 4.90 Å². The molecule has 1 atom stereocenters. The normalized spacial score (nSPS) is 17.1. The zero-order valence-electron chi connectivity index (χ0n) is 10.5. The van der Waals surface area contributed by atoms with Crippen LogP contribution in [-0.4, -0.2) is 35.5 Å². The molecule has 2 amide bonds. The number of hydrogen-bond donors (Lipinski definition) is 1. The SMILES string of the molecule is NCCC(N1C(=O)Cc2ccccc2C1=O)C(F)(F)F. The minimum absolute atomic E-state index is 0.137. The number of imide groups is 1. The van der Waals surface area contributed by atoms with E-state index in [4.69, 9.17) is 5.73 Å². The lowest BCUT2D eigenvalue weighted by Gasteiger charge is -2.34. The van der Waals surface area contributed by atoms with E-state index in [1.54, 1.807) is 18.2 Å². The first-order valence-corrected chi connectivity index (χ1v) is 6.07. The van der Waals surface area contributed by atoms with Crippen LogP contribution in [0.2, 0.25) is 0 Å². The molecule has 1 heterocycles. The summed E-state index contributed by atoms with van der Waals surface area (Å²) in [4.78, 5) is 24.3. The van der Waals surface area contributed by atoms with Crippen LogP contribution < -0.4 is 5.73 Å². The van der Waals surface area contributed by atoms with Crippen molar-refractivity contribution in [3.05, 3.63) is 35.4 Å². The topological polar surface area (TPSA) is 63.4 Å². The Morgan fingerprint density at radius 3 is 2.50 bits per heavy atom. The molecule has 7 heteroatoms. The van der Waals surface area contributed by atoms with Gasteiger partial charge in [0.1, 0.15) is 6.04 Å². The molecule has 2 N–H and O–H groups in total. The zero-order valence-corrected chi connectivity index (χ0v) is 10.5. The van der Waals surface area contributed by atoms with Gasteiger partial charge in [-0.3, -0.25) is 14.5 Å². The van der Waals surface area contributed by atoms with Gasteiger partial charge in [-0.05, 0) is 24.6 Å². The number of amides is 2. The minimum Gasteiger partial charge on any atom is -0.330 e. The van der Waals surface area contributed by atoms with Crippen LogP contribution in [0, 0.1) is 0 Å². The molecule has 1 aliphatic rings. The van der Waals surface area contributed by atoms with E-state index in [1.807, 2.05) is 0 Å². The molecule has 0 fully saturated rings. The van der Waals surface area contributed by atoms with E-state index >= 15 is 0 Å². The lowest BCUT2D eigenvalue weighted by atomic mass is 9.96. The highest BCUT2D eigenvalue weighted by Gasteiger charge is 2.49. The lowest BCUT2D eigenvalue weighted by Crippen LogP contribution is -2.55. The molecule has 0 spiro atoms. The molecule has 0 radical (unpaired) electrons. The van der Waals surface area contributed by atoms with Gasteiger partial charge in [-0.15, -0.1) is 0 Å². The molecule has 1 aromatic carbocycles. The van der Waals surface area contributed by atoms with Crippen LogP contribution in [0.5, 0.6) is 0 Å². The Bertz CT molecular complexity index is 543. The van der Waals surface area contributed by atoms with Crippen LogP contribution in [0.3, 0.4) is 0 Å². The molecule has 0 aromatic heterocycles. The smallest absolute Gasteiger partial charge is 0.330 e. The second kappa shape index (κ2) is 5.24. The molecule has 2 rings (SSSR count). The molecule has 1 aliphatic heterocycles. The van der Waals surface area contributed by atoms with Gasteiger partial charge < -0.3 is 5.73 Å². The Hall–Kier alpha value is -1.89. The van der Waals surface area contributed by atoms with Gasteiger partial charge in [0.05, 0.1) is 6.42 Å². The highest BCUT2D eigenvalue weighted by Crippen LogP contribution is 2.31. The van der Waals surface area contributed by atoms with Gasteiger partial charge in [0.2, 0.25) is 5.91 Å². The number of carbonyl (C=O) groups excluding carboxylic acids is 2. The van der Waals surface area contributed by atoms with Crippen molar-refractivity contribution in [2.24, 2.45) is 5.73 Å². The van der Waals surface area contributed by atoms with Crippen molar-refractivity contribution in [3.63, 3.8) is 0 Å². The Labute approximate surface area is 113 Å². The summed E-state index contributed by atoms with van der Waals surface area (Å²) in [5, 5.41) is 0. The van der Waals surface area contributed by atoms with Crippen LogP contribution >= 0.6 is 0 Å². The largest absolute Gasteiger partial charge is 0.409 e. The van der Waals surface area contributed by atoms with E-state index in [0.29, 0.717) is 10.5 Å². The molecule has 0 bridgehead atoms. The van der Waals surface area contributed by atoms with Crippen molar-refractivity contribution in [3.8, 4) is 0 Å². The Morgan fingerprint density at radius 2 is 1.90 bits per heavy atom. The van der Waals surface area contributed by atoms with Gasteiger partial charge in [-0.2, -0.15) is 13.2 Å². The summed E-state index contributed by atoms with van der Waals surface area (Å²) in [5.74, 6) is -1.75. The average Bonchev–Trinajstić information content (AvgIpc) is 2.36. The maximum atomic E-state index is 13.0. The Kier molecular flexibility index (Phi) is 3.80. The number of fused-ring (bicyclic) bond motifs is 1. The monoisotopic (exact) mass is 286 g/mol. The van der Waals surface area contributed by atoms with Crippen LogP contribution in [0.1, 0.15) is 22.3 Å². The van der Waals surface area contributed by atoms with Gasteiger partial charge in [-0.1, -0.05) is 18.2 Å². The number of hydrogen-bond acceptors (Lipinski definition) is 3. The second-order valence-electron chi connectivity index (χ2n) is 4.54. The van der Waals surface area contributed by atoms with E-state index < -0.39 is 30.5 Å². The Balaban J connectivity index is 2.42. The van der Waals surface area contributed by atoms with Gasteiger partial charge in [0.15, 0.2) is 0 Å². The molecule has 0 saturated carbocycles. The predicted molar refractivity (Wildman–Crippen MR) is 64.8 cm³/mol. The molecule has 0 saturated heterocycles. The van der Waals surface area contributed by atoms with E-state index in [1.165, 1.54) is 6.07 Å². The third-order valence-electron chi connectivity index (χ3n) is 3.21. The highest BCUT2D eigenvalue weighted by atomic mass is 19.4. The summed E-state index contributed by atoms with van der Waals surface area (Å²) in [6.45, 7) is -0.261. The van der Waals surface area contributed by atoms with Gasteiger partial charge in [0, 0.05) is 5.56 Å². The van der Waals surface area contributed by atoms with Crippen LogP contribution in [-0.2, 0) is 11.2 Å². The third kappa shape index (κ3) is 2.53. The summed E-state index contributed by atoms with van der Waals surface area (Å²) >= 11 is 0. The maximum absolute atomic E-state index is 13.0. The quantitative estimate of drug-likeness (QED) is 0.856. The van der Waals surface area contributed by atoms with Gasteiger partial charge in [0.25, 0.3) is 5.91 Å². The molecular weight excluding hydrogens is 273 g/mol. The number of benzene rings is 1. The van der Waals surface area contributed by atoms with Gasteiger partial charge >= 0.3 is 6.18 Å². The molecular formula is C13H13F3N2O2. The van der Waals surface area contributed by atoms with Crippen LogP contribution in [0.15, 0.2) is 24.3 Å². The first kappa shape index (κ1) is 14.5. The molecule has 1 aromatic rings. The number of alkyl halides is 3. The second-order valence-corrected chi connectivity index (χ2v) is 4.54. The van der Waals surface area contributed by atoms with Crippen molar-refractivity contribution in [2.75, 3.05) is 6.54 Å². The first-order chi connectivity index (χ1) is 9.36. The van der Waals surface area contributed by atoms with Gasteiger partial charge in [-0.25, -0.2) is 0 Å². The van der Waals surface area contributed by atoms with Crippen molar-refractivity contribution < 1.29 is 22.8 Å². The summed E-state index contributed by atoms with van der Waals surface area (Å²) in [5.41, 5.74) is 5.76. The molecule has 108 valence electrons. The van der Waals surface area contributed by atoms with E-state index in [2.05, 4.69) is 0 Å². The summed E-state index contributed by atoms with van der Waals surface area (Å²) in [7, 11) is 0. The number of halogens is 3. The zero-order chi connectivity index (χ0) is 14.9. The Morgan fingerprint density at radius 1 is 1.25 bits per heavy atom. The average molecular weight is 286 g/mol. The number of rotatable bonds is 3. The van der Waals surface area contributed by atoms with E-state index in [-0.39, 0.29) is 18.5 Å². The molecule has 1 unspecified atom stereocenters. The fraction of sp³-hybridized carbons (Fsp3) is 0.385.